The van der Waals surface area contributed by atoms with E-state index in [1.165, 1.54) is 11.8 Å². The van der Waals surface area contributed by atoms with Gasteiger partial charge in [-0.1, -0.05) is 0 Å². The third kappa shape index (κ3) is 6.04. The van der Waals surface area contributed by atoms with Gasteiger partial charge in [-0.2, -0.15) is 5.10 Å². The number of carbonyl (C=O) groups is 1. The number of anilines is 4. The summed E-state index contributed by atoms with van der Waals surface area (Å²) in [7, 11) is 1.62. The lowest BCUT2D eigenvalue weighted by Crippen LogP contribution is -2.35. The Balaban J connectivity index is 1.39. The fourth-order valence-corrected chi connectivity index (χ4v) is 4.67. The second kappa shape index (κ2) is 10.5. The van der Waals surface area contributed by atoms with Gasteiger partial charge >= 0.3 is 0 Å². The number of H-pyrrole nitrogens is 1. The molecule has 0 bridgehead atoms. The standard InChI is InChI=1S/C24H30N8O2S/c1-14-13-19(32-31-14)28-22-20(34-2)21(26-17-9-11-25-12-10-17)29-24(30-22)35-18-7-5-16(6-8-18)27-23(33)15-3-4-15/h5-8,13,15,17,25H,3-4,9-12H2,1-2H3,(H,27,33)(H3,26,28,29,30,31,32). The molecule has 1 aliphatic heterocycles. The highest BCUT2D eigenvalue weighted by molar-refractivity contribution is 7.99. The molecule has 2 fully saturated rings. The minimum Gasteiger partial charge on any atom is -0.490 e. The summed E-state index contributed by atoms with van der Waals surface area (Å²) < 4.78 is 5.73. The van der Waals surface area contributed by atoms with Crippen molar-refractivity contribution in [3.8, 4) is 5.75 Å². The Hall–Kier alpha value is -3.31. The highest BCUT2D eigenvalue weighted by atomic mass is 32.2. The predicted molar refractivity (Wildman–Crippen MR) is 137 cm³/mol. The van der Waals surface area contributed by atoms with Gasteiger partial charge in [0.1, 0.15) is 0 Å². The molecule has 0 radical (unpaired) electrons. The van der Waals surface area contributed by atoms with Gasteiger partial charge < -0.3 is 26.0 Å². The van der Waals surface area contributed by atoms with Crippen molar-refractivity contribution in [3.63, 3.8) is 0 Å². The van der Waals surface area contributed by atoms with Gasteiger partial charge in [0, 0.05) is 34.3 Å². The molecule has 2 aliphatic rings. The van der Waals surface area contributed by atoms with E-state index < -0.39 is 0 Å². The lowest BCUT2D eigenvalue weighted by atomic mass is 10.1. The van der Waals surface area contributed by atoms with E-state index in [4.69, 9.17) is 14.7 Å². The average Bonchev–Trinajstić information content (AvgIpc) is 3.63. The Morgan fingerprint density at radius 1 is 1.09 bits per heavy atom. The van der Waals surface area contributed by atoms with E-state index >= 15 is 0 Å². The molecule has 5 N–H and O–H groups in total. The van der Waals surface area contributed by atoms with Crippen LogP contribution in [0.15, 0.2) is 40.4 Å². The molecule has 0 atom stereocenters. The molecular weight excluding hydrogens is 464 g/mol. The molecule has 11 heteroatoms. The van der Waals surface area contributed by atoms with Gasteiger partial charge in [-0.25, -0.2) is 9.97 Å². The van der Waals surface area contributed by atoms with Crippen LogP contribution in [0.5, 0.6) is 5.75 Å². The smallest absolute Gasteiger partial charge is 0.227 e. The lowest BCUT2D eigenvalue weighted by Gasteiger charge is -2.25. The zero-order valence-corrected chi connectivity index (χ0v) is 20.7. The lowest BCUT2D eigenvalue weighted by molar-refractivity contribution is -0.117. The van der Waals surface area contributed by atoms with Crippen LogP contribution >= 0.6 is 11.8 Å². The molecule has 1 saturated heterocycles. The molecular formula is C24H30N8O2S. The van der Waals surface area contributed by atoms with Crippen LogP contribution in [0, 0.1) is 12.8 Å². The SMILES string of the molecule is COc1c(Nc2cc(C)[nH]n2)nc(Sc2ccc(NC(=O)C3CC3)cc2)nc1NC1CCNCC1. The van der Waals surface area contributed by atoms with Gasteiger partial charge in [0.15, 0.2) is 22.6 Å². The van der Waals surface area contributed by atoms with Crippen LogP contribution in [-0.2, 0) is 4.79 Å². The van der Waals surface area contributed by atoms with Crippen LogP contribution in [0.2, 0.25) is 0 Å². The van der Waals surface area contributed by atoms with Crippen LogP contribution in [0.1, 0.15) is 31.4 Å². The molecule has 10 nitrogen and oxygen atoms in total. The van der Waals surface area contributed by atoms with E-state index in [-0.39, 0.29) is 11.8 Å². The minimum atomic E-state index is 0.0989. The third-order valence-electron chi connectivity index (χ3n) is 5.96. The highest BCUT2D eigenvalue weighted by Gasteiger charge is 2.29. The van der Waals surface area contributed by atoms with Gasteiger partial charge in [0.25, 0.3) is 0 Å². The van der Waals surface area contributed by atoms with E-state index in [9.17, 15) is 4.79 Å². The second-order valence-corrected chi connectivity index (χ2v) is 9.90. The number of nitrogens with zero attached hydrogens (tertiary/aromatic N) is 3. The van der Waals surface area contributed by atoms with Crippen molar-refractivity contribution in [2.24, 2.45) is 5.92 Å². The molecule has 35 heavy (non-hydrogen) atoms. The number of hydrogen-bond donors (Lipinski definition) is 5. The summed E-state index contributed by atoms with van der Waals surface area (Å²) >= 11 is 1.45. The van der Waals surface area contributed by atoms with Crippen LogP contribution in [0.3, 0.4) is 0 Å². The van der Waals surface area contributed by atoms with Crippen LogP contribution in [-0.4, -0.2) is 52.3 Å². The Morgan fingerprint density at radius 3 is 2.49 bits per heavy atom. The maximum absolute atomic E-state index is 12.0. The van der Waals surface area contributed by atoms with Crippen molar-refractivity contribution in [2.75, 3.05) is 36.1 Å². The summed E-state index contributed by atoms with van der Waals surface area (Å²) in [5, 5.41) is 21.0. The monoisotopic (exact) mass is 494 g/mol. The molecule has 0 spiro atoms. The van der Waals surface area contributed by atoms with Crippen molar-refractivity contribution in [2.45, 2.75) is 48.7 Å². The van der Waals surface area contributed by atoms with Crippen LogP contribution in [0.4, 0.5) is 23.1 Å². The molecule has 1 amide bonds. The first kappa shape index (κ1) is 23.4. The normalized spacial score (nSPS) is 16.1. The molecule has 2 aromatic heterocycles. The number of amides is 1. The van der Waals surface area contributed by atoms with E-state index in [0.717, 1.165) is 55.0 Å². The number of ether oxygens (including phenoxy) is 1. The number of piperidine rings is 1. The first-order valence-electron chi connectivity index (χ1n) is 11.9. The number of aromatic nitrogens is 4. The average molecular weight is 495 g/mol. The fourth-order valence-electron chi connectivity index (χ4n) is 3.92. The molecule has 5 rings (SSSR count). The van der Waals surface area contributed by atoms with E-state index in [2.05, 4.69) is 31.5 Å². The second-order valence-electron chi connectivity index (χ2n) is 8.86. The van der Waals surface area contributed by atoms with E-state index in [0.29, 0.717) is 34.4 Å². The molecule has 1 aliphatic carbocycles. The first-order chi connectivity index (χ1) is 17.1. The van der Waals surface area contributed by atoms with Gasteiger partial charge in [-0.15, -0.1) is 0 Å². The van der Waals surface area contributed by atoms with Crippen molar-refractivity contribution in [3.05, 3.63) is 36.0 Å². The number of nitrogens with one attached hydrogen (secondary N) is 5. The Bertz CT molecular complexity index is 1170. The summed E-state index contributed by atoms with van der Waals surface area (Å²) in [6.45, 7) is 3.87. The molecule has 0 unspecified atom stereocenters. The molecule has 3 aromatic rings. The number of benzene rings is 1. The summed E-state index contributed by atoms with van der Waals surface area (Å²) in [5.41, 5.74) is 1.74. The zero-order valence-electron chi connectivity index (χ0n) is 19.9. The quantitative estimate of drug-likeness (QED) is 0.281. The van der Waals surface area contributed by atoms with Crippen molar-refractivity contribution in [1.82, 2.24) is 25.5 Å². The number of aryl methyl sites for hydroxylation is 1. The molecule has 1 aromatic carbocycles. The predicted octanol–water partition coefficient (Wildman–Crippen LogP) is 3.92. The number of methoxy groups -OCH3 is 1. The Morgan fingerprint density at radius 2 is 1.83 bits per heavy atom. The number of rotatable bonds is 9. The summed E-state index contributed by atoms with van der Waals surface area (Å²) in [5.74, 6) is 2.67. The van der Waals surface area contributed by atoms with E-state index in [1.54, 1.807) is 7.11 Å². The van der Waals surface area contributed by atoms with Gasteiger partial charge in [-0.05, 0) is 81.7 Å². The van der Waals surface area contributed by atoms with Crippen molar-refractivity contribution >= 4 is 40.8 Å². The Kier molecular flexibility index (Phi) is 7.05. The van der Waals surface area contributed by atoms with Crippen LogP contribution in [0.25, 0.3) is 0 Å². The molecule has 3 heterocycles. The zero-order chi connectivity index (χ0) is 24.2. The topological polar surface area (TPSA) is 129 Å². The van der Waals surface area contributed by atoms with E-state index in [1.807, 2.05) is 37.3 Å². The number of hydrogen-bond acceptors (Lipinski definition) is 9. The minimum absolute atomic E-state index is 0.0989. The first-order valence-corrected chi connectivity index (χ1v) is 12.7. The number of carbonyl (C=O) groups excluding carboxylic acids is 1. The maximum Gasteiger partial charge on any atom is 0.227 e. The van der Waals surface area contributed by atoms with Crippen molar-refractivity contribution < 1.29 is 9.53 Å². The van der Waals surface area contributed by atoms with Gasteiger partial charge in [0.05, 0.1) is 7.11 Å². The fraction of sp³-hybridized carbons (Fsp3) is 0.417. The van der Waals surface area contributed by atoms with Gasteiger partial charge in [0.2, 0.25) is 11.7 Å². The molecule has 184 valence electrons. The Labute approximate surface area is 208 Å². The number of aromatic amines is 1. The molecule has 1 saturated carbocycles. The summed E-state index contributed by atoms with van der Waals surface area (Å²) in [4.78, 5) is 22.5. The van der Waals surface area contributed by atoms with Gasteiger partial charge in [-0.3, -0.25) is 9.89 Å². The highest BCUT2D eigenvalue weighted by Crippen LogP contribution is 2.37. The summed E-state index contributed by atoms with van der Waals surface area (Å²) in [6.07, 6.45) is 3.98. The maximum atomic E-state index is 12.0. The van der Waals surface area contributed by atoms with Crippen LogP contribution < -0.4 is 26.0 Å². The van der Waals surface area contributed by atoms with Crippen molar-refractivity contribution in [1.29, 1.82) is 0 Å². The summed E-state index contributed by atoms with van der Waals surface area (Å²) in [6, 6.07) is 9.95. The largest absolute Gasteiger partial charge is 0.490 e. The third-order valence-corrected chi connectivity index (χ3v) is 6.83.